The van der Waals surface area contributed by atoms with E-state index in [-0.39, 0.29) is 24.3 Å². The summed E-state index contributed by atoms with van der Waals surface area (Å²) in [5.41, 5.74) is 1.54. The molecule has 1 saturated heterocycles. The van der Waals surface area contributed by atoms with E-state index < -0.39 is 5.54 Å². The second-order valence-corrected chi connectivity index (χ2v) is 9.29. The van der Waals surface area contributed by atoms with Crippen molar-refractivity contribution < 1.29 is 9.90 Å². The fourth-order valence-electron chi connectivity index (χ4n) is 4.59. The third-order valence-electron chi connectivity index (χ3n) is 6.68. The molecule has 3 aromatic carbocycles. The lowest BCUT2D eigenvalue weighted by Gasteiger charge is -2.32. The van der Waals surface area contributed by atoms with E-state index in [1.54, 1.807) is 0 Å². The van der Waals surface area contributed by atoms with E-state index in [0.717, 1.165) is 43.3 Å². The first-order valence-corrected chi connectivity index (χ1v) is 11.9. The highest BCUT2D eigenvalue weighted by atomic mass is 16.3. The molecule has 33 heavy (non-hydrogen) atoms. The summed E-state index contributed by atoms with van der Waals surface area (Å²) in [7, 11) is 0. The Labute approximate surface area is 196 Å². The fraction of sp³-hybridized carbons (Fsp3) is 0.345. The Kier molecular flexibility index (Phi) is 7.58. The second-order valence-electron chi connectivity index (χ2n) is 9.29. The smallest absolute Gasteiger partial charge is 0.225 e. The van der Waals surface area contributed by atoms with Crippen LogP contribution in [0, 0.1) is 11.8 Å². The molecule has 1 amide bonds. The zero-order valence-electron chi connectivity index (χ0n) is 19.3. The van der Waals surface area contributed by atoms with Gasteiger partial charge in [-0.05, 0) is 60.7 Å². The summed E-state index contributed by atoms with van der Waals surface area (Å²) >= 11 is 0. The second kappa shape index (κ2) is 10.8. The molecule has 172 valence electrons. The quantitative estimate of drug-likeness (QED) is 0.448. The molecule has 3 aromatic rings. The SMILES string of the molecule is C[C@](C=CC(CO)Cc1ccccc1)(NC(=O)C1CCCNC1)c1ccc2ccccc2c1. The summed E-state index contributed by atoms with van der Waals surface area (Å²) in [4.78, 5) is 13.2. The van der Waals surface area contributed by atoms with Crippen molar-refractivity contribution in [1.29, 1.82) is 0 Å². The lowest BCUT2D eigenvalue weighted by molar-refractivity contribution is -0.126. The van der Waals surface area contributed by atoms with Gasteiger partial charge in [-0.3, -0.25) is 4.79 Å². The predicted molar refractivity (Wildman–Crippen MR) is 135 cm³/mol. The van der Waals surface area contributed by atoms with E-state index in [1.165, 1.54) is 10.9 Å². The van der Waals surface area contributed by atoms with Crippen LogP contribution >= 0.6 is 0 Å². The first-order valence-electron chi connectivity index (χ1n) is 11.9. The lowest BCUT2D eigenvalue weighted by atomic mass is 9.86. The molecule has 3 atom stereocenters. The monoisotopic (exact) mass is 442 g/mol. The minimum atomic E-state index is -0.678. The van der Waals surface area contributed by atoms with Crippen LogP contribution in [0.4, 0.5) is 0 Å². The van der Waals surface area contributed by atoms with Gasteiger partial charge in [-0.1, -0.05) is 78.9 Å². The van der Waals surface area contributed by atoms with Gasteiger partial charge in [-0.25, -0.2) is 0 Å². The Bertz CT molecular complexity index is 1090. The number of aliphatic hydroxyl groups excluding tert-OH is 1. The summed E-state index contributed by atoms with van der Waals surface area (Å²) in [5, 5.41) is 19.0. The van der Waals surface area contributed by atoms with Crippen LogP contribution in [0.2, 0.25) is 0 Å². The number of aliphatic hydroxyl groups is 1. The average molecular weight is 443 g/mol. The Morgan fingerprint density at radius 2 is 1.88 bits per heavy atom. The van der Waals surface area contributed by atoms with Crippen LogP contribution in [0.25, 0.3) is 10.8 Å². The Balaban J connectivity index is 1.63. The van der Waals surface area contributed by atoms with Crippen molar-refractivity contribution in [2.45, 2.75) is 31.7 Å². The van der Waals surface area contributed by atoms with Gasteiger partial charge in [0.25, 0.3) is 0 Å². The van der Waals surface area contributed by atoms with Gasteiger partial charge in [-0.15, -0.1) is 0 Å². The lowest BCUT2D eigenvalue weighted by Crippen LogP contribution is -2.48. The number of amides is 1. The first kappa shape index (κ1) is 23.2. The molecular weight excluding hydrogens is 408 g/mol. The Hall–Kier alpha value is -2.95. The summed E-state index contributed by atoms with van der Waals surface area (Å²) in [5.74, 6) is 0.0245. The van der Waals surface area contributed by atoms with Gasteiger partial charge < -0.3 is 15.7 Å². The maximum Gasteiger partial charge on any atom is 0.225 e. The van der Waals surface area contributed by atoms with Crippen LogP contribution in [0.15, 0.2) is 84.9 Å². The number of nitrogens with one attached hydrogen (secondary N) is 2. The maximum absolute atomic E-state index is 13.2. The van der Waals surface area contributed by atoms with Crippen molar-refractivity contribution in [1.82, 2.24) is 10.6 Å². The number of carbonyl (C=O) groups is 1. The standard InChI is InChI=1S/C29H34N2O2/c1-29(31-28(33)26-12-7-17-30-20-26,27-14-13-24-10-5-6-11-25(24)19-27)16-15-23(21-32)18-22-8-3-2-4-9-22/h2-6,8-11,13-16,19,23,26,30,32H,7,12,17-18,20-21H2,1H3,(H,31,33)/t23?,26?,29-/m1/s1. The van der Waals surface area contributed by atoms with Gasteiger partial charge in [0.1, 0.15) is 0 Å². The van der Waals surface area contributed by atoms with E-state index in [2.05, 4.69) is 72.2 Å². The molecule has 1 aliphatic heterocycles. The van der Waals surface area contributed by atoms with Crippen molar-refractivity contribution in [2.24, 2.45) is 11.8 Å². The van der Waals surface area contributed by atoms with E-state index in [0.29, 0.717) is 0 Å². The average Bonchev–Trinajstić information content (AvgIpc) is 2.87. The van der Waals surface area contributed by atoms with Crippen LogP contribution in [-0.2, 0) is 16.8 Å². The highest BCUT2D eigenvalue weighted by Crippen LogP contribution is 2.28. The Morgan fingerprint density at radius 1 is 1.12 bits per heavy atom. The molecule has 0 spiro atoms. The third kappa shape index (κ3) is 5.89. The van der Waals surface area contributed by atoms with Crippen LogP contribution < -0.4 is 10.6 Å². The van der Waals surface area contributed by atoms with Crippen molar-refractivity contribution in [3.8, 4) is 0 Å². The number of benzene rings is 3. The van der Waals surface area contributed by atoms with Gasteiger partial charge in [-0.2, -0.15) is 0 Å². The first-order chi connectivity index (χ1) is 16.1. The van der Waals surface area contributed by atoms with Gasteiger partial charge >= 0.3 is 0 Å². The number of fused-ring (bicyclic) bond motifs is 1. The highest BCUT2D eigenvalue weighted by molar-refractivity contribution is 5.84. The molecule has 1 aliphatic rings. The Morgan fingerprint density at radius 3 is 2.61 bits per heavy atom. The fourth-order valence-corrected chi connectivity index (χ4v) is 4.59. The number of piperidine rings is 1. The number of rotatable bonds is 8. The number of hydrogen-bond donors (Lipinski definition) is 3. The van der Waals surface area contributed by atoms with Crippen molar-refractivity contribution in [3.05, 3.63) is 96.1 Å². The number of carbonyl (C=O) groups excluding carboxylic acids is 1. The van der Waals surface area contributed by atoms with E-state index in [1.807, 2.05) is 30.3 Å². The summed E-state index contributed by atoms with van der Waals surface area (Å²) in [6, 6.07) is 24.8. The topological polar surface area (TPSA) is 61.4 Å². The third-order valence-corrected chi connectivity index (χ3v) is 6.68. The minimum absolute atomic E-state index is 0.0233. The minimum Gasteiger partial charge on any atom is -0.396 e. The van der Waals surface area contributed by atoms with Gasteiger partial charge in [0.15, 0.2) is 0 Å². The summed E-state index contributed by atoms with van der Waals surface area (Å²) < 4.78 is 0. The van der Waals surface area contributed by atoms with Crippen LogP contribution in [-0.4, -0.2) is 30.7 Å². The predicted octanol–water partition coefficient (Wildman–Crippen LogP) is 4.58. The molecule has 2 unspecified atom stereocenters. The number of hydrogen-bond acceptors (Lipinski definition) is 3. The molecule has 0 saturated carbocycles. The molecule has 0 aromatic heterocycles. The molecule has 1 heterocycles. The zero-order valence-corrected chi connectivity index (χ0v) is 19.3. The van der Waals surface area contributed by atoms with Gasteiger partial charge in [0.2, 0.25) is 5.91 Å². The molecule has 0 radical (unpaired) electrons. The van der Waals surface area contributed by atoms with Crippen LogP contribution in [0.1, 0.15) is 30.9 Å². The van der Waals surface area contributed by atoms with Crippen molar-refractivity contribution in [2.75, 3.05) is 19.7 Å². The van der Waals surface area contributed by atoms with E-state index in [4.69, 9.17) is 0 Å². The molecule has 0 bridgehead atoms. The van der Waals surface area contributed by atoms with Crippen LogP contribution in [0.5, 0.6) is 0 Å². The normalized spacial score (nSPS) is 19.3. The van der Waals surface area contributed by atoms with Crippen molar-refractivity contribution >= 4 is 16.7 Å². The summed E-state index contributed by atoms with van der Waals surface area (Å²) in [6.45, 7) is 3.80. The molecular formula is C29H34N2O2. The van der Waals surface area contributed by atoms with E-state index >= 15 is 0 Å². The van der Waals surface area contributed by atoms with E-state index in [9.17, 15) is 9.90 Å². The zero-order chi connectivity index (χ0) is 23.1. The van der Waals surface area contributed by atoms with Gasteiger partial charge in [0, 0.05) is 19.1 Å². The van der Waals surface area contributed by atoms with Crippen molar-refractivity contribution in [3.63, 3.8) is 0 Å². The van der Waals surface area contributed by atoms with Gasteiger partial charge in [0.05, 0.1) is 11.5 Å². The maximum atomic E-state index is 13.2. The molecule has 1 fully saturated rings. The molecule has 4 heteroatoms. The molecule has 3 N–H and O–H groups in total. The summed E-state index contributed by atoms with van der Waals surface area (Å²) in [6.07, 6.45) is 6.80. The molecule has 4 nitrogen and oxygen atoms in total. The molecule has 4 rings (SSSR count). The highest BCUT2D eigenvalue weighted by Gasteiger charge is 2.30. The van der Waals surface area contributed by atoms with Crippen LogP contribution in [0.3, 0.4) is 0 Å². The largest absolute Gasteiger partial charge is 0.396 e. The molecule has 0 aliphatic carbocycles.